The molecule has 1 aliphatic rings. The predicted octanol–water partition coefficient (Wildman–Crippen LogP) is 1.43. The van der Waals surface area contributed by atoms with Crippen LogP contribution in [0.15, 0.2) is 38.8 Å². The lowest BCUT2D eigenvalue weighted by molar-refractivity contribution is 0.416. The molecule has 1 aromatic carbocycles. The molecular weight excluding hydrogens is 270 g/mol. The van der Waals surface area contributed by atoms with E-state index in [2.05, 4.69) is 9.98 Å². The summed E-state index contributed by atoms with van der Waals surface area (Å²) in [5, 5.41) is 10.0. The predicted molar refractivity (Wildman–Crippen MR) is 81.1 cm³/mol. The van der Waals surface area contributed by atoms with Gasteiger partial charge in [0.1, 0.15) is 5.56 Å². The minimum absolute atomic E-state index is 0.0401. The number of nitrogens with zero attached hydrogens (tertiary/aromatic N) is 2. The first-order valence-corrected chi connectivity index (χ1v) is 6.38. The molecule has 0 bridgehead atoms. The van der Waals surface area contributed by atoms with E-state index in [0.29, 0.717) is 0 Å². The first-order valence-electron chi connectivity index (χ1n) is 6.38. The van der Waals surface area contributed by atoms with Crippen molar-refractivity contribution in [1.82, 2.24) is 9.55 Å². The van der Waals surface area contributed by atoms with Crippen LogP contribution in [0.4, 0.5) is 5.69 Å². The zero-order chi connectivity index (χ0) is 15.1. The van der Waals surface area contributed by atoms with Crippen molar-refractivity contribution in [3.8, 4) is 5.88 Å². The molecule has 6 nitrogen and oxygen atoms in total. The maximum absolute atomic E-state index is 11.9. The van der Waals surface area contributed by atoms with Crippen molar-refractivity contribution in [3.05, 3.63) is 56.2 Å². The van der Waals surface area contributed by atoms with Crippen LogP contribution >= 0.6 is 0 Å². The summed E-state index contributed by atoms with van der Waals surface area (Å²) in [5.74, 6) is -0.367. The number of rotatable bonds is 1. The van der Waals surface area contributed by atoms with Crippen LogP contribution in [0.25, 0.3) is 11.6 Å². The Hall–Kier alpha value is -2.89. The Balaban J connectivity index is 2.26. The van der Waals surface area contributed by atoms with Crippen molar-refractivity contribution < 1.29 is 5.11 Å². The van der Waals surface area contributed by atoms with Crippen LogP contribution in [-0.4, -0.2) is 20.4 Å². The fourth-order valence-corrected chi connectivity index (χ4v) is 2.32. The molecule has 0 radical (unpaired) electrons. The molecule has 6 heteroatoms. The summed E-state index contributed by atoms with van der Waals surface area (Å²) in [6.07, 6.45) is 1.55. The standard InChI is InChI=1S/C15H13N3O3/c1-8-10(9-5-3-4-6-12(9)16-8)7-11-13(19)17-15(21)18(2)14(11)20/h3-7,20H,1-2H3,(H,17,19,21)/b10-7-. The average Bonchev–Trinajstić information content (AvgIpc) is 2.77. The van der Waals surface area contributed by atoms with Crippen LogP contribution in [0.2, 0.25) is 0 Å². The third-order valence-electron chi connectivity index (χ3n) is 3.49. The molecule has 0 saturated heterocycles. The van der Waals surface area contributed by atoms with Crippen molar-refractivity contribution in [2.75, 3.05) is 0 Å². The maximum atomic E-state index is 11.9. The molecule has 1 aliphatic heterocycles. The van der Waals surface area contributed by atoms with Crippen molar-refractivity contribution in [3.63, 3.8) is 0 Å². The first-order chi connectivity index (χ1) is 9.99. The monoisotopic (exact) mass is 283 g/mol. The minimum atomic E-state index is -0.656. The number of allylic oxidation sites excluding steroid dienone is 1. The van der Waals surface area contributed by atoms with Crippen LogP contribution < -0.4 is 11.2 Å². The molecule has 2 N–H and O–H groups in total. The van der Waals surface area contributed by atoms with Gasteiger partial charge in [-0.2, -0.15) is 0 Å². The highest BCUT2D eigenvalue weighted by atomic mass is 16.3. The SMILES string of the molecule is CC1=Nc2ccccc2/C1=C\c1c(O)n(C)c(=O)[nH]c1=O. The second-order valence-corrected chi connectivity index (χ2v) is 4.83. The number of para-hydroxylation sites is 1. The van der Waals surface area contributed by atoms with Crippen molar-refractivity contribution in [2.45, 2.75) is 6.92 Å². The normalized spacial score (nSPS) is 15.1. The van der Waals surface area contributed by atoms with Gasteiger partial charge in [-0.15, -0.1) is 0 Å². The highest BCUT2D eigenvalue weighted by Gasteiger charge is 2.19. The minimum Gasteiger partial charge on any atom is -0.494 e. The quantitative estimate of drug-likeness (QED) is 0.829. The molecule has 0 saturated carbocycles. The molecule has 2 aromatic rings. The third-order valence-corrected chi connectivity index (χ3v) is 3.49. The molecule has 0 fully saturated rings. The summed E-state index contributed by atoms with van der Waals surface area (Å²) in [4.78, 5) is 29.9. The van der Waals surface area contributed by atoms with Gasteiger partial charge in [0.05, 0.1) is 5.69 Å². The number of benzene rings is 1. The Kier molecular flexibility index (Phi) is 2.86. The second kappa shape index (κ2) is 4.59. The summed E-state index contributed by atoms with van der Waals surface area (Å²) < 4.78 is 0.987. The summed E-state index contributed by atoms with van der Waals surface area (Å²) in [6.45, 7) is 1.83. The van der Waals surface area contributed by atoms with Crippen LogP contribution in [0.3, 0.4) is 0 Å². The number of hydrogen-bond donors (Lipinski definition) is 2. The van der Waals surface area contributed by atoms with Crippen LogP contribution in [0.5, 0.6) is 5.88 Å². The van der Waals surface area contributed by atoms with Crippen molar-refractivity contribution in [2.24, 2.45) is 12.0 Å². The van der Waals surface area contributed by atoms with E-state index in [0.717, 1.165) is 27.1 Å². The lowest BCUT2D eigenvalue weighted by Crippen LogP contribution is -2.29. The topological polar surface area (TPSA) is 87.4 Å². The van der Waals surface area contributed by atoms with E-state index in [1.165, 1.54) is 7.05 Å². The Bertz CT molecular complexity index is 916. The third kappa shape index (κ3) is 2.01. The summed E-state index contributed by atoms with van der Waals surface area (Å²) in [6, 6.07) is 7.54. The number of H-pyrrole nitrogens is 1. The lowest BCUT2D eigenvalue weighted by Gasteiger charge is -2.06. The first kappa shape index (κ1) is 13.1. The summed E-state index contributed by atoms with van der Waals surface area (Å²) in [7, 11) is 1.39. The zero-order valence-corrected chi connectivity index (χ0v) is 11.5. The lowest BCUT2D eigenvalue weighted by atomic mass is 10.0. The summed E-state index contributed by atoms with van der Waals surface area (Å²) in [5.41, 5.74) is 1.98. The fourth-order valence-electron chi connectivity index (χ4n) is 2.32. The van der Waals surface area contributed by atoms with Crippen molar-refractivity contribution in [1.29, 1.82) is 0 Å². The van der Waals surface area contributed by atoms with Gasteiger partial charge in [-0.25, -0.2) is 4.79 Å². The molecule has 3 rings (SSSR count). The van der Waals surface area contributed by atoms with Crippen LogP contribution in [0, 0.1) is 0 Å². The zero-order valence-electron chi connectivity index (χ0n) is 11.5. The molecular formula is C15H13N3O3. The average molecular weight is 283 g/mol. The summed E-state index contributed by atoms with van der Waals surface area (Å²) >= 11 is 0. The van der Waals surface area contributed by atoms with Gasteiger partial charge in [0.2, 0.25) is 5.88 Å². The van der Waals surface area contributed by atoms with Gasteiger partial charge in [0, 0.05) is 23.9 Å². The van der Waals surface area contributed by atoms with Gasteiger partial charge in [0.15, 0.2) is 0 Å². The van der Waals surface area contributed by atoms with E-state index >= 15 is 0 Å². The molecule has 106 valence electrons. The number of fused-ring (bicyclic) bond motifs is 1. The molecule has 0 unspecified atom stereocenters. The fraction of sp³-hybridized carbons (Fsp3) is 0.133. The van der Waals surface area contributed by atoms with E-state index in [-0.39, 0.29) is 11.4 Å². The molecule has 2 heterocycles. The van der Waals surface area contributed by atoms with E-state index in [4.69, 9.17) is 0 Å². The van der Waals surface area contributed by atoms with E-state index in [1.807, 2.05) is 31.2 Å². The number of aliphatic imine (C=N–C) groups is 1. The van der Waals surface area contributed by atoms with Crippen molar-refractivity contribution >= 4 is 23.0 Å². The number of aromatic amines is 1. The van der Waals surface area contributed by atoms with Crippen LogP contribution in [0.1, 0.15) is 18.1 Å². The van der Waals surface area contributed by atoms with E-state index in [1.54, 1.807) is 6.08 Å². The number of nitrogens with one attached hydrogen (secondary N) is 1. The highest BCUT2D eigenvalue weighted by molar-refractivity contribution is 6.31. The van der Waals surface area contributed by atoms with Gasteiger partial charge < -0.3 is 5.11 Å². The number of hydrogen-bond acceptors (Lipinski definition) is 4. The smallest absolute Gasteiger partial charge is 0.330 e. The highest BCUT2D eigenvalue weighted by Crippen LogP contribution is 2.35. The van der Waals surface area contributed by atoms with Gasteiger partial charge in [-0.3, -0.25) is 19.3 Å². The van der Waals surface area contributed by atoms with Crippen LogP contribution in [-0.2, 0) is 7.05 Å². The second-order valence-electron chi connectivity index (χ2n) is 4.83. The molecule has 0 spiro atoms. The number of aromatic hydroxyl groups is 1. The largest absolute Gasteiger partial charge is 0.494 e. The van der Waals surface area contributed by atoms with Gasteiger partial charge >= 0.3 is 5.69 Å². The Morgan fingerprint density at radius 1 is 1.29 bits per heavy atom. The number of aromatic nitrogens is 2. The van der Waals surface area contributed by atoms with Gasteiger partial charge in [-0.05, 0) is 19.1 Å². The molecule has 0 atom stereocenters. The Labute approximate surface area is 119 Å². The maximum Gasteiger partial charge on any atom is 0.330 e. The van der Waals surface area contributed by atoms with Gasteiger partial charge in [-0.1, -0.05) is 18.2 Å². The molecule has 0 aliphatic carbocycles. The van der Waals surface area contributed by atoms with E-state index in [9.17, 15) is 14.7 Å². The Morgan fingerprint density at radius 2 is 2.00 bits per heavy atom. The molecule has 21 heavy (non-hydrogen) atoms. The Morgan fingerprint density at radius 3 is 2.76 bits per heavy atom. The van der Waals surface area contributed by atoms with E-state index < -0.39 is 11.2 Å². The van der Waals surface area contributed by atoms with Gasteiger partial charge in [0.25, 0.3) is 5.56 Å². The molecule has 1 aromatic heterocycles. The molecule has 0 amide bonds.